The van der Waals surface area contributed by atoms with E-state index in [9.17, 15) is 14.4 Å². The number of hydrogen-bond donors (Lipinski definition) is 3. The Balaban J connectivity index is 1.39. The molecule has 0 atom stereocenters. The lowest BCUT2D eigenvalue weighted by atomic mass is 9.93. The zero-order valence-electron chi connectivity index (χ0n) is 20.1. The van der Waals surface area contributed by atoms with Crippen LogP contribution in [0.25, 0.3) is 0 Å². The Hall–Kier alpha value is -3.82. The molecule has 3 amide bonds. The molecule has 4 rings (SSSR count). The Bertz CT molecular complexity index is 1400. The number of carbonyl (C=O) groups excluding carboxylic acids is 3. The minimum absolute atomic E-state index is 0.0478. The molecule has 9 nitrogen and oxygen atoms in total. The van der Waals surface area contributed by atoms with Gasteiger partial charge in [0.1, 0.15) is 11.5 Å². The van der Waals surface area contributed by atoms with Gasteiger partial charge in [-0.15, -0.1) is 0 Å². The molecule has 37 heavy (non-hydrogen) atoms. The van der Waals surface area contributed by atoms with Crippen molar-refractivity contribution >= 4 is 46.6 Å². The first kappa shape index (κ1) is 26.2. The zero-order chi connectivity index (χ0) is 26.5. The zero-order valence-corrected chi connectivity index (χ0v) is 21.6. The molecule has 192 valence electrons. The smallest absolute Gasteiger partial charge is 0.305 e. The first-order valence-electron chi connectivity index (χ1n) is 11.5. The fourth-order valence-electron chi connectivity index (χ4n) is 3.92. The van der Waals surface area contributed by atoms with Gasteiger partial charge in [-0.1, -0.05) is 40.9 Å². The summed E-state index contributed by atoms with van der Waals surface area (Å²) in [6.07, 6.45) is 1.99. The number of halogens is 2. The van der Waals surface area contributed by atoms with Gasteiger partial charge in [-0.3, -0.25) is 25.2 Å². The lowest BCUT2D eigenvalue weighted by Crippen LogP contribution is -2.43. The van der Waals surface area contributed by atoms with E-state index < -0.39 is 11.8 Å². The van der Waals surface area contributed by atoms with Crippen LogP contribution >= 0.6 is 23.2 Å². The van der Waals surface area contributed by atoms with Crippen molar-refractivity contribution in [1.29, 1.82) is 0 Å². The quantitative estimate of drug-likeness (QED) is 0.395. The van der Waals surface area contributed by atoms with Crippen LogP contribution in [0.5, 0.6) is 5.75 Å². The highest BCUT2D eigenvalue weighted by molar-refractivity contribution is 6.35. The summed E-state index contributed by atoms with van der Waals surface area (Å²) in [6, 6.07) is 11.8. The van der Waals surface area contributed by atoms with Gasteiger partial charge in [0.2, 0.25) is 0 Å². The number of aryl methyl sites for hydroxylation is 2. The van der Waals surface area contributed by atoms with Crippen molar-refractivity contribution in [2.24, 2.45) is 5.10 Å². The minimum atomic E-state index is -0.632. The molecule has 0 spiro atoms. The van der Waals surface area contributed by atoms with E-state index >= 15 is 0 Å². The third kappa shape index (κ3) is 6.31. The highest BCUT2D eigenvalue weighted by atomic mass is 35.5. The van der Waals surface area contributed by atoms with Gasteiger partial charge in [-0.25, -0.2) is 5.43 Å². The summed E-state index contributed by atoms with van der Waals surface area (Å²) in [6.45, 7) is 3.25. The van der Waals surface area contributed by atoms with Crippen LogP contribution in [-0.2, 0) is 11.2 Å². The maximum Gasteiger partial charge on any atom is 0.305 e. The topological polar surface area (TPSA) is 122 Å². The maximum absolute atomic E-state index is 12.7. The largest absolute Gasteiger partial charge is 0.482 e. The summed E-state index contributed by atoms with van der Waals surface area (Å²) >= 11 is 11.9. The van der Waals surface area contributed by atoms with Crippen molar-refractivity contribution in [3.8, 4) is 5.75 Å². The summed E-state index contributed by atoms with van der Waals surface area (Å²) in [5, 5.41) is 5.02. The van der Waals surface area contributed by atoms with Crippen LogP contribution in [0.2, 0.25) is 10.0 Å². The van der Waals surface area contributed by atoms with E-state index in [4.69, 9.17) is 32.4 Å². The standard InChI is InChI=1S/C26H24Cl2N4O5/c1-14-5-3-6-16(11-14)25(34)31-29-19-7-4-8-21-23(19)15(2)24(37-21)26(35)32-30-22(33)13-36-20-10-9-17(27)12-18(20)28/h3,5-6,9-12H,4,7-8,13H2,1-2H3,(H,30,33)(H,31,34)(H,32,35)/b29-19+. The summed E-state index contributed by atoms with van der Waals surface area (Å²) < 4.78 is 11.2. The second-order valence-electron chi connectivity index (χ2n) is 8.44. The molecule has 0 fully saturated rings. The predicted octanol–water partition coefficient (Wildman–Crippen LogP) is 4.51. The first-order valence-corrected chi connectivity index (χ1v) is 12.2. The molecular weight excluding hydrogens is 519 g/mol. The molecule has 11 heteroatoms. The van der Waals surface area contributed by atoms with Crippen LogP contribution < -0.4 is 21.0 Å². The SMILES string of the molecule is Cc1cccc(C(=O)N/N=C2\CCCc3oc(C(=O)NNC(=O)COc4ccc(Cl)cc4Cl)c(C)c32)c1. The molecule has 1 heterocycles. The monoisotopic (exact) mass is 542 g/mol. The van der Waals surface area contributed by atoms with Crippen molar-refractivity contribution in [3.63, 3.8) is 0 Å². The summed E-state index contributed by atoms with van der Waals surface area (Å²) in [7, 11) is 0. The molecule has 0 radical (unpaired) electrons. The van der Waals surface area contributed by atoms with E-state index in [0.717, 1.165) is 12.0 Å². The summed E-state index contributed by atoms with van der Waals surface area (Å²) in [5.41, 5.74) is 10.6. The minimum Gasteiger partial charge on any atom is -0.482 e. The van der Waals surface area contributed by atoms with Crippen molar-refractivity contribution < 1.29 is 23.5 Å². The highest BCUT2D eigenvalue weighted by Crippen LogP contribution is 2.30. The number of hydrazone groups is 1. The Labute approximate surface area is 223 Å². The van der Waals surface area contributed by atoms with Gasteiger partial charge in [-0.05, 0) is 57.0 Å². The number of ether oxygens (including phenoxy) is 1. The number of nitrogens with zero attached hydrogens (tertiary/aromatic N) is 1. The lowest BCUT2D eigenvalue weighted by Gasteiger charge is -2.13. The number of carbonyl (C=O) groups is 3. The number of nitrogens with one attached hydrogen (secondary N) is 3. The van der Waals surface area contributed by atoms with Crippen LogP contribution in [-0.4, -0.2) is 30.0 Å². The average molecular weight is 543 g/mol. The number of rotatable bonds is 6. The first-order chi connectivity index (χ1) is 17.7. The second-order valence-corrected chi connectivity index (χ2v) is 9.29. The third-order valence-corrected chi connectivity index (χ3v) is 6.20. The number of hydrogen-bond acceptors (Lipinski definition) is 6. The lowest BCUT2D eigenvalue weighted by molar-refractivity contribution is -0.123. The van der Waals surface area contributed by atoms with Gasteiger partial charge in [0.15, 0.2) is 12.4 Å². The molecule has 3 aromatic rings. The molecule has 0 unspecified atom stereocenters. The fourth-order valence-corrected chi connectivity index (χ4v) is 4.38. The Morgan fingerprint density at radius 1 is 1.03 bits per heavy atom. The van der Waals surface area contributed by atoms with Gasteiger partial charge < -0.3 is 9.15 Å². The van der Waals surface area contributed by atoms with Gasteiger partial charge in [0.25, 0.3) is 11.8 Å². The predicted molar refractivity (Wildman–Crippen MR) is 139 cm³/mol. The van der Waals surface area contributed by atoms with Crippen molar-refractivity contribution in [2.75, 3.05) is 6.61 Å². The maximum atomic E-state index is 12.7. The normalized spacial score (nSPS) is 13.6. The van der Waals surface area contributed by atoms with E-state index in [1.54, 1.807) is 31.2 Å². The molecule has 1 aliphatic rings. The van der Waals surface area contributed by atoms with Crippen LogP contribution in [0.1, 0.15) is 56.2 Å². The number of fused-ring (bicyclic) bond motifs is 1. The number of amides is 3. The molecule has 0 bridgehead atoms. The Morgan fingerprint density at radius 3 is 2.59 bits per heavy atom. The Kier molecular flexibility index (Phi) is 8.15. The van der Waals surface area contributed by atoms with Crippen LogP contribution in [0.15, 0.2) is 52.0 Å². The fraction of sp³-hybridized carbons (Fsp3) is 0.231. The number of benzene rings is 2. The second kappa shape index (κ2) is 11.5. The van der Waals surface area contributed by atoms with E-state index in [-0.39, 0.29) is 29.0 Å². The van der Waals surface area contributed by atoms with Gasteiger partial charge in [0.05, 0.1) is 10.7 Å². The average Bonchev–Trinajstić information content (AvgIpc) is 3.22. The molecular formula is C26H24Cl2N4O5. The molecule has 0 saturated carbocycles. The summed E-state index contributed by atoms with van der Waals surface area (Å²) in [4.78, 5) is 37.4. The summed E-state index contributed by atoms with van der Waals surface area (Å²) in [5.74, 6) is -0.630. The number of furan rings is 1. The van der Waals surface area contributed by atoms with Crippen molar-refractivity contribution in [1.82, 2.24) is 16.3 Å². The van der Waals surface area contributed by atoms with Crippen LogP contribution in [0.4, 0.5) is 0 Å². The van der Waals surface area contributed by atoms with E-state index in [0.29, 0.717) is 46.0 Å². The van der Waals surface area contributed by atoms with Crippen LogP contribution in [0, 0.1) is 13.8 Å². The van der Waals surface area contributed by atoms with Gasteiger partial charge >= 0.3 is 5.91 Å². The van der Waals surface area contributed by atoms with Gasteiger partial charge in [-0.2, -0.15) is 5.10 Å². The Morgan fingerprint density at radius 2 is 1.84 bits per heavy atom. The van der Waals surface area contributed by atoms with Crippen molar-refractivity contribution in [3.05, 3.63) is 86.3 Å². The van der Waals surface area contributed by atoms with Gasteiger partial charge in [0, 0.05) is 28.1 Å². The van der Waals surface area contributed by atoms with Crippen LogP contribution in [0.3, 0.4) is 0 Å². The molecule has 2 aromatic carbocycles. The van der Waals surface area contributed by atoms with Crippen molar-refractivity contribution in [2.45, 2.75) is 33.1 Å². The molecule has 0 aliphatic heterocycles. The van der Waals surface area contributed by atoms with E-state index in [2.05, 4.69) is 21.4 Å². The van der Waals surface area contributed by atoms with E-state index in [1.807, 2.05) is 13.0 Å². The molecule has 1 aliphatic carbocycles. The number of hydrazine groups is 1. The molecule has 3 N–H and O–H groups in total. The van der Waals surface area contributed by atoms with E-state index in [1.165, 1.54) is 12.1 Å². The highest BCUT2D eigenvalue weighted by Gasteiger charge is 2.28. The molecule has 1 aromatic heterocycles. The third-order valence-electron chi connectivity index (χ3n) is 5.67. The molecule has 0 saturated heterocycles.